The quantitative estimate of drug-likeness (QED) is 0.101. The van der Waals surface area contributed by atoms with E-state index in [-0.39, 0.29) is 0 Å². The molecule has 0 N–H and O–H groups in total. The lowest BCUT2D eigenvalue weighted by Gasteiger charge is -2.45. The summed E-state index contributed by atoms with van der Waals surface area (Å²) in [6.07, 6.45) is 0. The Kier molecular flexibility index (Phi) is 20.1. The van der Waals surface area contributed by atoms with E-state index in [4.69, 9.17) is 8.83 Å². The maximum atomic E-state index is 6.59. The topological polar surface area (TPSA) is 39.2 Å². The number of furan rings is 2. The van der Waals surface area contributed by atoms with E-state index < -0.39 is 16.1 Å². The molecular formula is C136H86N4O2S4Si2. The first-order chi connectivity index (χ1) is 73.3. The van der Waals surface area contributed by atoms with Crippen molar-refractivity contribution in [3.63, 3.8) is 0 Å². The Balaban J connectivity index is 0.000000137. The van der Waals surface area contributed by atoms with Gasteiger partial charge in [0.1, 0.15) is 22.3 Å². The predicted octanol–water partition coefficient (Wildman–Crippen LogP) is 34.4. The molecule has 31 rings (SSSR count). The summed E-state index contributed by atoms with van der Waals surface area (Å²) in [7, 11) is -6.36. The van der Waals surface area contributed by atoms with Crippen LogP contribution in [-0.2, 0) is 0 Å². The number of anilines is 12. The lowest BCUT2D eigenvalue weighted by Crippen LogP contribution is -2.77. The fourth-order valence-corrected chi connectivity index (χ4v) is 39.5. The largest absolute Gasteiger partial charge is 0.456 e. The molecule has 0 saturated carbocycles. The van der Waals surface area contributed by atoms with Crippen LogP contribution in [0.4, 0.5) is 68.2 Å². The number of rotatable bonds is 14. The zero-order valence-corrected chi connectivity index (χ0v) is 85.2. The minimum absolute atomic E-state index is 0.858. The highest BCUT2D eigenvalue weighted by Gasteiger charge is 2.52. The van der Waals surface area contributed by atoms with Crippen molar-refractivity contribution in [3.05, 3.63) is 522 Å². The predicted molar refractivity (Wildman–Crippen MR) is 640 cm³/mol. The van der Waals surface area contributed by atoms with Crippen LogP contribution in [0.15, 0.2) is 531 Å². The maximum Gasteiger partial charge on any atom is 0.184 e. The molecule has 29 aromatic rings. The summed E-state index contributed by atoms with van der Waals surface area (Å²) in [6, 6.07) is 194. The first kappa shape index (κ1) is 86.0. The summed E-state index contributed by atoms with van der Waals surface area (Å²) in [5.41, 5.74) is 21.6. The molecule has 8 heterocycles. The molecule has 0 spiro atoms. The number of fused-ring (bicyclic) bond motifs is 23. The Labute approximate surface area is 871 Å². The first-order valence-corrected chi connectivity index (χ1v) is 57.6. The van der Waals surface area contributed by atoms with Gasteiger partial charge in [0.05, 0.1) is 11.1 Å². The van der Waals surface area contributed by atoms with Crippen molar-refractivity contribution in [2.24, 2.45) is 0 Å². The van der Waals surface area contributed by atoms with E-state index in [1.165, 1.54) is 178 Å². The van der Waals surface area contributed by atoms with Gasteiger partial charge in [0, 0.05) is 159 Å². The molecule has 0 radical (unpaired) electrons. The molecule has 148 heavy (non-hydrogen) atoms. The third-order valence-electron chi connectivity index (χ3n) is 30.8. The van der Waals surface area contributed by atoms with E-state index in [1.807, 2.05) is 51.4 Å². The number of thiophene rings is 4. The molecule has 0 fully saturated rings. The van der Waals surface area contributed by atoms with E-state index in [0.717, 1.165) is 89.4 Å². The molecule has 0 unspecified atom stereocenters. The van der Waals surface area contributed by atoms with Crippen molar-refractivity contribution >= 4 is 307 Å². The van der Waals surface area contributed by atoms with Gasteiger partial charge in [0.2, 0.25) is 0 Å². The molecular weight excluding hydrogens is 1910 g/mol. The Morgan fingerprint density at radius 3 is 1.03 bits per heavy atom. The highest BCUT2D eigenvalue weighted by molar-refractivity contribution is 7.29. The molecule has 2 aliphatic rings. The molecule has 0 amide bonds. The van der Waals surface area contributed by atoms with Gasteiger partial charge in [-0.2, -0.15) is 0 Å². The number of hydrogen-bond donors (Lipinski definition) is 0. The standard InChI is InChI=1S/C70H44N2OS2Si.C66H42N2OS2Si/c1-2-17-47(18-3-1)72-61-24-9-13-28-69(61)76(51-35-37-58-56-21-7-11-26-65(56)74-67(58)43-51,52-36-38-59-57-22-8-12-27-66(57)75-68(59)44-52)70-40-34-50(42-62(70)72)71(49-33-39-64-60(41-49)55-20-6-10-25-63(55)73-64)48-31-29-46(30-32-48)54-23-14-16-45-15-4-5-19-53(45)54;1-3-16-43(17-4-1)44-30-32-46(33-31-44)67(56-24-15-26-59-66(56)54-22-7-11-25-58(54)69-59)47-34-39-65-57(40-47)68(45-18-5-2-6-19-45)55-23-10-14-29-64(55)72(65,48-35-37-52-50-20-8-12-27-60(50)70-62(52)41-48)49-36-38-53-51-21-9-13-28-61(51)71-63(53)42-49/h1-44H;1-42H. The van der Waals surface area contributed by atoms with Gasteiger partial charge >= 0.3 is 0 Å². The van der Waals surface area contributed by atoms with Gasteiger partial charge in [0.15, 0.2) is 16.1 Å². The van der Waals surface area contributed by atoms with Crippen LogP contribution in [0, 0.1) is 0 Å². The van der Waals surface area contributed by atoms with Crippen LogP contribution >= 0.6 is 45.3 Å². The summed E-state index contributed by atoms with van der Waals surface area (Å²) in [6.45, 7) is 0. The van der Waals surface area contributed by atoms with Crippen LogP contribution in [0.2, 0.25) is 0 Å². The fraction of sp³-hybridized carbons (Fsp3) is 0. The number of hydrogen-bond acceptors (Lipinski definition) is 10. The van der Waals surface area contributed by atoms with Crippen molar-refractivity contribution in [1.29, 1.82) is 0 Å². The van der Waals surface area contributed by atoms with Crippen LogP contribution in [0.25, 0.3) is 158 Å². The molecule has 0 aliphatic carbocycles. The van der Waals surface area contributed by atoms with Crippen LogP contribution < -0.4 is 61.1 Å². The number of nitrogens with zero attached hydrogens (tertiary/aromatic N) is 4. The smallest absolute Gasteiger partial charge is 0.184 e. The molecule has 6 aromatic heterocycles. The molecule has 0 saturated heterocycles. The second-order valence-corrected chi connectivity index (χ2v) is 50.5. The van der Waals surface area contributed by atoms with Crippen molar-refractivity contribution < 1.29 is 8.83 Å². The molecule has 23 aromatic carbocycles. The maximum absolute atomic E-state index is 6.59. The van der Waals surface area contributed by atoms with Crippen molar-refractivity contribution in [2.45, 2.75) is 0 Å². The van der Waals surface area contributed by atoms with Gasteiger partial charge < -0.3 is 28.4 Å². The number of benzene rings is 23. The Morgan fingerprint density at radius 2 is 0.527 bits per heavy atom. The average molecular weight is 1990 g/mol. The van der Waals surface area contributed by atoms with Gasteiger partial charge in [-0.15, -0.1) is 45.3 Å². The number of para-hydroxylation sites is 6. The minimum Gasteiger partial charge on any atom is -0.456 e. The lowest BCUT2D eigenvalue weighted by atomic mass is 9.98. The van der Waals surface area contributed by atoms with Gasteiger partial charge in [0.25, 0.3) is 0 Å². The van der Waals surface area contributed by atoms with Crippen LogP contribution in [-0.4, -0.2) is 16.1 Å². The van der Waals surface area contributed by atoms with Crippen LogP contribution in [0.1, 0.15) is 0 Å². The van der Waals surface area contributed by atoms with Gasteiger partial charge in [-0.05, 0) is 250 Å². The summed E-state index contributed by atoms with van der Waals surface area (Å²) in [4.78, 5) is 9.94. The lowest BCUT2D eigenvalue weighted by molar-refractivity contribution is 0.668. The zero-order chi connectivity index (χ0) is 97.2. The molecule has 2 aliphatic heterocycles. The van der Waals surface area contributed by atoms with Crippen molar-refractivity contribution in [2.75, 3.05) is 19.6 Å². The molecule has 0 bridgehead atoms. The van der Waals surface area contributed by atoms with E-state index in [0.29, 0.717) is 0 Å². The summed E-state index contributed by atoms with van der Waals surface area (Å²) >= 11 is 7.61. The summed E-state index contributed by atoms with van der Waals surface area (Å²) in [5.74, 6) is 0. The van der Waals surface area contributed by atoms with Gasteiger partial charge in [-0.1, -0.05) is 346 Å². The first-order valence-electron chi connectivity index (χ1n) is 50.4. The zero-order valence-electron chi connectivity index (χ0n) is 79.9. The van der Waals surface area contributed by atoms with Crippen molar-refractivity contribution in [1.82, 2.24) is 0 Å². The SMILES string of the molecule is c1ccc(-c2ccc(N(c3ccc4c(c3)N(c3ccccc3)c3ccccc3[Si]4(c3ccc4c(c3)sc3ccccc34)c3ccc4c(c3)sc3ccccc34)c3cccc4oc5ccccc5c34)cc2)cc1.c1ccc(N2c3ccccc3[Si](c3ccc4c(c3)sc3ccccc34)(c3ccc4c(c3)sc3ccccc34)c3ccc(N(c4ccc(-c5cccc6ccccc56)cc4)c4ccc5oc6ccccc6c5c4)cc32)cc1. The van der Waals surface area contributed by atoms with E-state index >= 15 is 0 Å². The molecule has 694 valence electrons. The Hall–Kier alpha value is -17.6. The van der Waals surface area contributed by atoms with E-state index in [2.05, 4.69) is 535 Å². The van der Waals surface area contributed by atoms with Gasteiger partial charge in [-0.25, -0.2) is 0 Å². The monoisotopic (exact) mass is 1990 g/mol. The molecule has 0 atom stereocenters. The third kappa shape index (κ3) is 13.5. The minimum atomic E-state index is -3.18. The van der Waals surface area contributed by atoms with E-state index in [9.17, 15) is 0 Å². The average Bonchev–Trinajstić information content (AvgIpc) is 1.13. The normalized spacial score (nSPS) is 13.1. The second kappa shape index (κ2) is 34.6. The Morgan fingerprint density at radius 1 is 0.189 bits per heavy atom. The molecule has 12 heteroatoms. The van der Waals surface area contributed by atoms with Crippen molar-refractivity contribution in [3.8, 4) is 22.3 Å². The highest BCUT2D eigenvalue weighted by atomic mass is 32.1. The summed E-state index contributed by atoms with van der Waals surface area (Å²) in [5, 5.41) is 28.3. The second-order valence-electron chi connectivity index (χ2n) is 38.7. The highest BCUT2D eigenvalue weighted by Crippen LogP contribution is 2.52. The van der Waals surface area contributed by atoms with E-state index in [1.54, 1.807) is 0 Å². The molecule has 6 nitrogen and oxygen atoms in total. The van der Waals surface area contributed by atoms with Gasteiger partial charge in [-0.3, -0.25) is 0 Å². The Bertz CT molecular complexity index is 10200. The summed E-state index contributed by atoms with van der Waals surface area (Å²) < 4.78 is 23.6. The van der Waals surface area contributed by atoms with Crippen LogP contribution in [0.3, 0.4) is 0 Å². The third-order valence-corrected chi connectivity index (χ3v) is 45.0. The van der Waals surface area contributed by atoms with Crippen LogP contribution in [0.5, 0.6) is 0 Å². The fourth-order valence-electron chi connectivity index (χ4n) is 24.3.